The molecule has 1 aromatic carbocycles. The standard InChI is InChI=1S/C11H15FN2O2.ClH/c1-8(13)11(15)14-9-3-2-4-10(7-9)16-6-5-12;/h2-4,7-8H,5-6,13H2,1H3,(H,14,15);1H/t8-;/m1./s1. The van der Waals surface area contributed by atoms with Crippen LogP contribution in [0.25, 0.3) is 0 Å². The molecule has 0 spiro atoms. The van der Waals surface area contributed by atoms with Crippen molar-refractivity contribution in [2.45, 2.75) is 13.0 Å². The van der Waals surface area contributed by atoms with Crippen LogP contribution in [0, 0.1) is 0 Å². The molecular weight excluding hydrogens is 247 g/mol. The molecule has 17 heavy (non-hydrogen) atoms. The Morgan fingerprint density at radius 2 is 2.29 bits per heavy atom. The highest BCUT2D eigenvalue weighted by atomic mass is 35.5. The molecule has 0 heterocycles. The van der Waals surface area contributed by atoms with Crippen molar-refractivity contribution in [2.75, 3.05) is 18.6 Å². The molecule has 1 amide bonds. The van der Waals surface area contributed by atoms with Gasteiger partial charge < -0.3 is 15.8 Å². The van der Waals surface area contributed by atoms with E-state index < -0.39 is 12.7 Å². The number of carbonyl (C=O) groups is 1. The van der Waals surface area contributed by atoms with E-state index in [-0.39, 0.29) is 24.9 Å². The molecule has 1 atom stereocenters. The number of carbonyl (C=O) groups excluding carboxylic acids is 1. The molecular formula is C11H16ClFN2O2. The minimum Gasteiger partial charge on any atom is -0.491 e. The maximum absolute atomic E-state index is 11.9. The predicted octanol–water partition coefficient (Wildman–Crippen LogP) is 1.74. The molecule has 0 aromatic heterocycles. The zero-order chi connectivity index (χ0) is 12.0. The number of halogens is 2. The third kappa shape index (κ3) is 5.51. The van der Waals surface area contributed by atoms with Crippen molar-refractivity contribution in [3.05, 3.63) is 24.3 Å². The summed E-state index contributed by atoms with van der Waals surface area (Å²) < 4.78 is 17.0. The van der Waals surface area contributed by atoms with Gasteiger partial charge in [0, 0.05) is 11.8 Å². The number of benzene rings is 1. The number of hydrogen-bond acceptors (Lipinski definition) is 3. The fourth-order valence-corrected chi connectivity index (χ4v) is 1.08. The van der Waals surface area contributed by atoms with Crippen molar-refractivity contribution in [3.8, 4) is 5.75 Å². The third-order valence-electron chi connectivity index (χ3n) is 1.86. The first kappa shape index (κ1) is 15.7. The first-order valence-corrected chi connectivity index (χ1v) is 4.98. The van der Waals surface area contributed by atoms with Crippen LogP contribution >= 0.6 is 12.4 Å². The highest BCUT2D eigenvalue weighted by Gasteiger charge is 2.07. The number of nitrogens with one attached hydrogen (secondary N) is 1. The first-order valence-electron chi connectivity index (χ1n) is 4.98. The number of ether oxygens (including phenoxy) is 1. The number of hydrogen-bond donors (Lipinski definition) is 2. The van der Waals surface area contributed by atoms with Gasteiger partial charge in [-0.05, 0) is 19.1 Å². The zero-order valence-corrected chi connectivity index (χ0v) is 10.3. The second-order valence-electron chi connectivity index (χ2n) is 3.34. The van der Waals surface area contributed by atoms with E-state index in [0.29, 0.717) is 11.4 Å². The molecule has 0 aliphatic rings. The molecule has 0 saturated carbocycles. The van der Waals surface area contributed by atoms with Gasteiger partial charge in [0.05, 0.1) is 6.04 Å². The largest absolute Gasteiger partial charge is 0.491 e. The van der Waals surface area contributed by atoms with Gasteiger partial charge in [0.1, 0.15) is 19.0 Å². The maximum atomic E-state index is 11.9. The fraction of sp³-hybridized carbons (Fsp3) is 0.364. The SMILES string of the molecule is C[C@@H](N)C(=O)Nc1cccc(OCCF)c1.Cl. The van der Waals surface area contributed by atoms with E-state index in [0.717, 1.165) is 0 Å². The topological polar surface area (TPSA) is 64.4 Å². The fourth-order valence-electron chi connectivity index (χ4n) is 1.08. The van der Waals surface area contributed by atoms with Gasteiger partial charge in [-0.25, -0.2) is 4.39 Å². The second-order valence-corrected chi connectivity index (χ2v) is 3.34. The van der Waals surface area contributed by atoms with Crippen LogP contribution in [0.3, 0.4) is 0 Å². The molecule has 4 nitrogen and oxygen atoms in total. The molecule has 96 valence electrons. The predicted molar refractivity (Wildman–Crippen MR) is 67.4 cm³/mol. The van der Waals surface area contributed by atoms with Crippen LogP contribution in [-0.4, -0.2) is 25.2 Å². The Kier molecular flexibility index (Phi) is 7.25. The van der Waals surface area contributed by atoms with Gasteiger partial charge in [0.25, 0.3) is 0 Å². The van der Waals surface area contributed by atoms with Crippen LogP contribution in [0.15, 0.2) is 24.3 Å². The van der Waals surface area contributed by atoms with Crippen LogP contribution in [-0.2, 0) is 4.79 Å². The van der Waals surface area contributed by atoms with E-state index in [1.165, 1.54) is 0 Å². The molecule has 0 aliphatic heterocycles. The van der Waals surface area contributed by atoms with Crippen molar-refractivity contribution in [1.29, 1.82) is 0 Å². The number of amides is 1. The Morgan fingerprint density at radius 3 is 2.88 bits per heavy atom. The van der Waals surface area contributed by atoms with Gasteiger partial charge in [-0.3, -0.25) is 4.79 Å². The highest BCUT2D eigenvalue weighted by molar-refractivity contribution is 5.94. The van der Waals surface area contributed by atoms with Crippen LogP contribution in [0.4, 0.5) is 10.1 Å². The van der Waals surface area contributed by atoms with Crippen molar-refractivity contribution < 1.29 is 13.9 Å². The average molecular weight is 263 g/mol. The van der Waals surface area contributed by atoms with Crippen molar-refractivity contribution >= 4 is 24.0 Å². The molecule has 6 heteroatoms. The van der Waals surface area contributed by atoms with E-state index in [2.05, 4.69) is 5.32 Å². The summed E-state index contributed by atoms with van der Waals surface area (Å²) in [5, 5.41) is 2.62. The second kappa shape index (κ2) is 7.86. The van der Waals surface area contributed by atoms with Gasteiger partial charge >= 0.3 is 0 Å². The van der Waals surface area contributed by atoms with Crippen LogP contribution in [0.5, 0.6) is 5.75 Å². The summed E-state index contributed by atoms with van der Waals surface area (Å²) in [6.07, 6.45) is 0. The minimum absolute atomic E-state index is 0. The summed E-state index contributed by atoms with van der Waals surface area (Å²) >= 11 is 0. The van der Waals surface area contributed by atoms with E-state index in [1.807, 2.05) is 0 Å². The molecule has 1 rings (SSSR count). The summed E-state index contributed by atoms with van der Waals surface area (Å²) in [6.45, 7) is 1.06. The maximum Gasteiger partial charge on any atom is 0.241 e. The van der Waals surface area contributed by atoms with Gasteiger partial charge in [-0.1, -0.05) is 6.07 Å². The smallest absolute Gasteiger partial charge is 0.241 e. The third-order valence-corrected chi connectivity index (χ3v) is 1.86. The van der Waals surface area contributed by atoms with Crippen LogP contribution in [0.2, 0.25) is 0 Å². The molecule has 1 aromatic rings. The monoisotopic (exact) mass is 262 g/mol. The van der Waals surface area contributed by atoms with E-state index >= 15 is 0 Å². The summed E-state index contributed by atoms with van der Waals surface area (Å²) in [7, 11) is 0. The minimum atomic E-state index is -0.574. The number of alkyl halides is 1. The number of rotatable bonds is 5. The normalized spacial score (nSPS) is 11.2. The van der Waals surface area contributed by atoms with Crippen LogP contribution in [0.1, 0.15) is 6.92 Å². The highest BCUT2D eigenvalue weighted by Crippen LogP contribution is 2.17. The lowest BCUT2D eigenvalue weighted by Gasteiger charge is -2.09. The Bertz CT molecular complexity index is 361. The van der Waals surface area contributed by atoms with Gasteiger partial charge in [-0.15, -0.1) is 12.4 Å². The number of nitrogens with two attached hydrogens (primary N) is 1. The number of anilines is 1. The summed E-state index contributed by atoms with van der Waals surface area (Å²) in [6, 6.07) is 6.16. The Balaban J connectivity index is 0.00000256. The summed E-state index contributed by atoms with van der Waals surface area (Å²) in [5.74, 6) is 0.239. The molecule has 0 saturated heterocycles. The van der Waals surface area contributed by atoms with Crippen LogP contribution < -0.4 is 15.8 Å². The van der Waals surface area contributed by atoms with Crippen molar-refractivity contribution in [1.82, 2.24) is 0 Å². The molecule has 0 bridgehead atoms. The van der Waals surface area contributed by atoms with E-state index in [9.17, 15) is 9.18 Å². The van der Waals surface area contributed by atoms with Gasteiger partial charge in [0.2, 0.25) is 5.91 Å². The average Bonchev–Trinajstić information content (AvgIpc) is 2.26. The lowest BCUT2D eigenvalue weighted by atomic mass is 10.2. The molecule has 0 fully saturated rings. The van der Waals surface area contributed by atoms with E-state index in [1.54, 1.807) is 31.2 Å². The molecule has 0 aliphatic carbocycles. The molecule has 3 N–H and O–H groups in total. The van der Waals surface area contributed by atoms with Gasteiger partial charge in [0.15, 0.2) is 0 Å². The van der Waals surface area contributed by atoms with E-state index in [4.69, 9.17) is 10.5 Å². The Labute approximate surface area is 106 Å². The summed E-state index contributed by atoms with van der Waals surface area (Å²) in [4.78, 5) is 11.3. The molecule has 0 radical (unpaired) electrons. The van der Waals surface area contributed by atoms with Crippen molar-refractivity contribution in [2.24, 2.45) is 5.73 Å². The zero-order valence-electron chi connectivity index (χ0n) is 9.48. The Morgan fingerprint density at radius 1 is 1.59 bits per heavy atom. The van der Waals surface area contributed by atoms with Gasteiger partial charge in [-0.2, -0.15) is 0 Å². The Hall–Kier alpha value is -1.33. The summed E-state index contributed by atoms with van der Waals surface area (Å²) in [5.41, 5.74) is 5.99. The quantitative estimate of drug-likeness (QED) is 0.850. The molecule has 0 unspecified atom stereocenters. The lowest BCUT2D eigenvalue weighted by Crippen LogP contribution is -2.32. The first-order chi connectivity index (χ1) is 7.63. The lowest BCUT2D eigenvalue weighted by molar-refractivity contribution is -0.117. The van der Waals surface area contributed by atoms with Crippen molar-refractivity contribution in [3.63, 3.8) is 0 Å².